The molecule has 0 aliphatic rings. The quantitative estimate of drug-likeness (QED) is 0.423. The molecule has 28 heavy (non-hydrogen) atoms. The van der Waals surface area contributed by atoms with Crippen LogP contribution in [0.5, 0.6) is 0 Å². The van der Waals surface area contributed by atoms with Gasteiger partial charge in [0.2, 0.25) is 0 Å². The first-order chi connectivity index (χ1) is 13.1. The number of nitro benzene ring substituents is 1. The lowest BCUT2D eigenvalue weighted by Crippen LogP contribution is -2.22. The van der Waals surface area contributed by atoms with Gasteiger partial charge < -0.3 is 10.1 Å². The highest BCUT2D eigenvalue weighted by atomic mass is 32.2. The molecule has 0 radical (unpaired) electrons. The standard InChI is InChI=1S/C18H18N2O7S/c1-12-4-3-5-15(20(23)24)17(12)19-16(21)10-27-18(22)14-8-6-13(7-9-14)11-28(2,25)26/h3-9H,10-11H2,1-2H3,(H,19,21). The van der Waals surface area contributed by atoms with Crippen molar-refractivity contribution in [1.29, 1.82) is 0 Å². The van der Waals surface area contributed by atoms with Gasteiger partial charge in [-0.1, -0.05) is 24.3 Å². The second kappa shape index (κ2) is 8.61. The Morgan fingerprint density at radius 2 is 1.79 bits per heavy atom. The number of nitrogens with zero attached hydrogens (tertiary/aromatic N) is 1. The maximum absolute atomic E-state index is 12.0. The molecule has 148 valence electrons. The molecule has 0 fully saturated rings. The Balaban J connectivity index is 1.98. The number of aryl methyl sites for hydroxylation is 1. The van der Waals surface area contributed by atoms with Crippen molar-refractivity contribution in [3.05, 3.63) is 69.3 Å². The van der Waals surface area contributed by atoms with E-state index >= 15 is 0 Å². The van der Waals surface area contributed by atoms with Crippen molar-refractivity contribution in [2.24, 2.45) is 0 Å². The van der Waals surface area contributed by atoms with E-state index < -0.39 is 33.2 Å². The Hall–Kier alpha value is -3.27. The third kappa shape index (κ3) is 5.88. The van der Waals surface area contributed by atoms with Gasteiger partial charge in [0.05, 0.1) is 16.2 Å². The largest absolute Gasteiger partial charge is 0.452 e. The van der Waals surface area contributed by atoms with Crippen LogP contribution in [-0.2, 0) is 25.1 Å². The number of anilines is 1. The molecule has 1 amide bonds. The Bertz CT molecular complexity index is 1010. The van der Waals surface area contributed by atoms with Crippen LogP contribution >= 0.6 is 0 Å². The summed E-state index contributed by atoms with van der Waals surface area (Å²) in [7, 11) is -3.19. The van der Waals surface area contributed by atoms with Gasteiger partial charge >= 0.3 is 5.97 Å². The van der Waals surface area contributed by atoms with Crippen LogP contribution < -0.4 is 5.32 Å². The monoisotopic (exact) mass is 406 g/mol. The first-order valence-electron chi connectivity index (χ1n) is 8.04. The Labute approximate surface area is 161 Å². The predicted octanol–water partition coefficient (Wildman–Crippen LogP) is 2.24. The van der Waals surface area contributed by atoms with Crippen LogP contribution in [0.25, 0.3) is 0 Å². The van der Waals surface area contributed by atoms with Gasteiger partial charge in [-0.15, -0.1) is 0 Å². The van der Waals surface area contributed by atoms with Crippen LogP contribution in [0.2, 0.25) is 0 Å². The predicted molar refractivity (Wildman–Crippen MR) is 102 cm³/mol. The van der Waals surface area contributed by atoms with Gasteiger partial charge in [0, 0.05) is 12.3 Å². The zero-order chi connectivity index (χ0) is 20.9. The highest BCUT2D eigenvalue weighted by Crippen LogP contribution is 2.27. The molecule has 0 aromatic heterocycles. The number of nitrogens with one attached hydrogen (secondary N) is 1. The molecule has 0 heterocycles. The number of carbonyl (C=O) groups is 2. The van der Waals surface area contributed by atoms with E-state index in [-0.39, 0.29) is 22.7 Å². The fourth-order valence-corrected chi connectivity index (χ4v) is 3.19. The van der Waals surface area contributed by atoms with Gasteiger partial charge in [-0.05, 0) is 30.2 Å². The highest BCUT2D eigenvalue weighted by Gasteiger charge is 2.18. The lowest BCUT2D eigenvalue weighted by atomic mass is 10.1. The average molecular weight is 406 g/mol. The van der Waals surface area contributed by atoms with E-state index in [0.29, 0.717) is 11.1 Å². The smallest absolute Gasteiger partial charge is 0.338 e. The van der Waals surface area contributed by atoms with Gasteiger partial charge in [0.25, 0.3) is 11.6 Å². The molecule has 0 atom stereocenters. The number of ether oxygens (including phenoxy) is 1. The van der Waals surface area contributed by atoms with Crippen LogP contribution in [0, 0.1) is 17.0 Å². The minimum absolute atomic E-state index is 0.0404. The fourth-order valence-electron chi connectivity index (χ4n) is 2.40. The molecule has 0 unspecified atom stereocenters. The van der Waals surface area contributed by atoms with E-state index in [2.05, 4.69) is 5.32 Å². The molecular weight excluding hydrogens is 388 g/mol. The molecule has 10 heteroatoms. The molecule has 0 aliphatic carbocycles. The van der Waals surface area contributed by atoms with Crippen LogP contribution in [-0.4, -0.2) is 38.1 Å². The van der Waals surface area contributed by atoms with Crippen molar-refractivity contribution in [3.8, 4) is 0 Å². The Morgan fingerprint density at radius 1 is 1.14 bits per heavy atom. The van der Waals surface area contributed by atoms with E-state index in [4.69, 9.17) is 4.74 Å². The lowest BCUT2D eigenvalue weighted by Gasteiger charge is -2.09. The third-order valence-corrected chi connectivity index (χ3v) is 4.52. The lowest BCUT2D eigenvalue weighted by molar-refractivity contribution is -0.384. The van der Waals surface area contributed by atoms with Crippen LogP contribution in [0.3, 0.4) is 0 Å². The van der Waals surface area contributed by atoms with E-state index in [9.17, 15) is 28.1 Å². The third-order valence-electron chi connectivity index (χ3n) is 3.66. The molecule has 2 rings (SSSR count). The van der Waals surface area contributed by atoms with Crippen LogP contribution in [0.1, 0.15) is 21.5 Å². The van der Waals surface area contributed by atoms with Crippen molar-refractivity contribution < 1.29 is 27.7 Å². The molecule has 0 spiro atoms. The molecule has 9 nitrogen and oxygen atoms in total. The number of para-hydroxylation sites is 1. The number of nitro groups is 1. The number of rotatable bonds is 7. The van der Waals surface area contributed by atoms with E-state index in [1.807, 2.05) is 0 Å². The van der Waals surface area contributed by atoms with Crippen molar-refractivity contribution in [2.45, 2.75) is 12.7 Å². The zero-order valence-electron chi connectivity index (χ0n) is 15.2. The van der Waals surface area contributed by atoms with Gasteiger partial charge in [-0.3, -0.25) is 14.9 Å². The number of hydrogen-bond acceptors (Lipinski definition) is 7. The summed E-state index contributed by atoms with van der Waals surface area (Å²) in [5.41, 5.74) is 0.936. The summed E-state index contributed by atoms with van der Waals surface area (Å²) in [5, 5.41) is 13.4. The molecule has 0 bridgehead atoms. The van der Waals surface area contributed by atoms with E-state index in [1.54, 1.807) is 13.0 Å². The van der Waals surface area contributed by atoms with Crippen molar-refractivity contribution in [3.63, 3.8) is 0 Å². The molecule has 0 aliphatic heterocycles. The Morgan fingerprint density at radius 3 is 2.36 bits per heavy atom. The summed E-state index contributed by atoms with van der Waals surface area (Å²) in [6, 6.07) is 10.1. The second-order valence-electron chi connectivity index (χ2n) is 6.12. The molecule has 0 saturated heterocycles. The first kappa shape index (κ1) is 21.0. The zero-order valence-corrected chi connectivity index (χ0v) is 16.0. The Kier molecular flexibility index (Phi) is 6.47. The number of benzene rings is 2. The highest BCUT2D eigenvalue weighted by molar-refractivity contribution is 7.89. The van der Waals surface area contributed by atoms with Gasteiger partial charge in [0.15, 0.2) is 16.4 Å². The minimum Gasteiger partial charge on any atom is -0.452 e. The van der Waals surface area contributed by atoms with E-state index in [1.165, 1.54) is 36.4 Å². The summed E-state index contributed by atoms with van der Waals surface area (Å²) in [6.07, 6.45) is 1.10. The van der Waals surface area contributed by atoms with E-state index in [0.717, 1.165) is 6.26 Å². The number of esters is 1. The number of amides is 1. The minimum atomic E-state index is -3.19. The fraction of sp³-hybridized carbons (Fsp3) is 0.222. The summed E-state index contributed by atoms with van der Waals surface area (Å²) < 4.78 is 27.4. The maximum Gasteiger partial charge on any atom is 0.338 e. The summed E-state index contributed by atoms with van der Waals surface area (Å²) in [6.45, 7) is 0.974. The molecular formula is C18H18N2O7S. The second-order valence-corrected chi connectivity index (χ2v) is 8.26. The number of sulfone groups is 1. The van der Waals surface area contributed by atoms with Crippen molar-refractivity contribution >= 4 is 33.1 Å². The van der Waals surface area contributed by atoms with Gasteiger partial charge in [-0.2, -0.15) is 0 Å². The molecule has 1 N–H and O–H groups in total. The van der Waals surface area contributed by atoms with Crippen molar-refractivity contribution in [2.75, 3.05) is 18.2 Å². The molecule has 2 aromatic carbocycles. The summed E-state index contributed by atoms with van der Waals surface area (Å²) in [4.78, 5) is 34.5. The molecule has 2 aromatic rings. The SMILES string of the molecule is Cc1cccc([N+](=O)[O-])c1NC(=O)COC(=O)c1ccc(CS(C)(=O)=O)cc1. The average Bonchev–Trinajstić information content (AvgIpc) is 2.60. The topological polar surface area (TPSA) is 133 Å². The van der Waals surface area contributed by atoms with Gasteiger partial charge in [-0.25, -0.2) is 13.2 Å². The van der Waals surface area contributed by atoms with Crippen LogP contribution in [0.4, 0.5) is 11.4 Å². The van der Waals surface area contributed by atoms with Crippen LogP contribution in [0.15, 0.2) is 42.5 Å². The summed E-state index contributed by atoms with van der Waals surface area (Å²) >= 11 is 0. The van der Waals surface area contributed by atoms with Crippen molar-refractivity contribution in [1.82, 2.24) is 0 Å². The summed E-state index contributed by atoms with van der Waals surface area (Å²) in [5.74, 6) is -1.65. The first-order valence-corrected chi connectivity index (χ1v) is 10.1. The normalized spacial score (nSPS) is 10.9. The molecule has 0 saturated carbocycles. The van der Waals surface area contributed by atoms with Gasteiger partial charge in [0.1, 0.15) is 5.69 Å². The maximum atomic E-state index is 12.0. The number of hydrogen-bond donors (Lipinski definition) is 1. The number of carbonyl (C=O) groups excluding carboxylic acids is 2.